The van der Waals surface area contributed by atoms with Crippen molar-refractivity contribution in [2.24, 2.45) is 17.8 Å². The Hall–Kier alpha value is -2.11. The number of rotatable bonds is 10. The Labute approximate surface area is 161 Å². The van der Waals surface area contributed by atoms with Gasteiger partial charge < -0.3 is 14.9 Å². The smallest absolute Gasteiger partial charge is 0.345 e. The second kappa shape index (κ2) is 10.9. The predicted molar refractivity (Wildman–Crippen MR) is 102 cm³/mol. The van der Waals surface area contributed by atoms with Crippen LogP contribution in [0.3, 0.4) is 0 Å². The molecule has 1 heterocycles. The van der Waals surface area contributed by atoms with Crippen LogP contribution >= 0.6 is 0 Å². The standard InChI is InChI=1S/C21H32O6/c1-5-13(2)11-16(20(24)25)8-6-7-14(3)9-10-17(22)19-18(23)12-15(4)27-21(19)26/h6,8,13-16,22H,5,7,9-12H2,1-4H3,(H,24,25). The van der Waals surface area contributed by atoms with Gasteiger partial charge in [0.05, 0.1) is 5.92 Å². The molecule has 0 amide bonds. The molecular weight excluding hydrogens is 348 g/mol. The Morgan fingerprint density at radius 2 is 1.93 bits per heavy atom. The molecule has 4 atom stereocenters. The highest BCUT2D eigenvalue weighted by Crippen LogP contribution is 2.23. The summed E-state index contributed by atoms with van der Waals surface area (Å²) in [5.41, 5.74) is -0.227. The molecule has 0 aromatic rings. The van der Waals surface area contributed by atoms with E-state index in [1.165, 1.54) is 0 Å². The SMILES string of the molecule is CCC(C)CC(C=CCC(C)CCC(O)=C1C(=O)CC(C)OC1=O)C(=O)O. The van der Waals surface area contributed by atoms with Crippen molar-refractivity contribution in [3.05, 3.63) is 23.5 Å². The predicted octanol–water partition coefficient (Wildman–Crippen LogP) is 4.20. The van der Waals surface area contributed by atoms with E-state index >= 15 is 0 Å². The van der Waals surface area contributed by atoms with Crippen LogP contribution in [0.2, 0.25) is 0 Å². The fourth-order valence-electron chi connectivity index (χ4n) is 3.00. The fraction of sp³-hybridized carbons (Fsp3) is 0.667. The maximum absolute atomic E-state index is 11.9. The highest BCUT2D eigenvalue weighted by molar-refractivity contribution is 6.19. The minimum atomic E-state index is -0.815. The van der Waals surface area contributed by atoms with Crippen molar-refractivity contribution >= 4 is 17.7 Å². The van der Waals surface area contributed by atoms with E-state index in [2.05, 4.69) is 0 Å². The molecular formula is C21H32O6. The average molecular weight is 380 g/mol. The fourth-order valence-corrected chi connectivity index (χ4v) is 3.00. The van der Waals surface area contributed by atoms with E-state index in [0.29, 0.717) is 25.2 Å². The topological polar surface area (TPSA) is 101 Å². The van der Waals surface area contributed by atoms with Gasteiger partial charge >= 0.3 is 11.9 Å². The second-order valence-electron chi connectivity index (χ2n) is 7.67. The van der Waals surface area contributed by atoms with Gasteiger partial charge in [0, 0.05) is 12.8 Å². The number of aliphatic hydroxyl groups excluding tert-OH is 1. The number of hydrogen-bond donors (Lipinski definition) is 2. The summed E-state index contributed by atoms with van der Waals surface area (Å²) in [7, 11) is 0. The highest BCUT2D eigenvalue weighted by Gasteiger charge is 2.32. The number of ether oxygens (including phenoxy) is 1. The number of Topliss-reactive ketones (excluding diaryl/α,β-unsaturated/α-hetero) is 1. The van der Waals surface area contributed by atoms with Crippen LogP contribution in [-0.4, -0.2) is 34.0 Å². The van der Waals surface area contributed by atoms with Crippen LogP contribution in [0.25, 0.3) is 0 Å². The third-order valence-corrected chi connectivity index (χ3v) is 5.00. The molecule has 0 aromatic carbocycles. The minimum Gasteiger partial charge on any atom is -0.511 e. The normalized spacial score (nSPS) is 23.0. The molecule has 1 aliphatic rings. The molecule has 1 saturated heterocycles. The molecule has 0 bridgehead atoms. The summed E-state index contributed by atoms with van der Waals surface area (Å²) in [6, 6.07) is 0. The van der Waals surface area contributed by atoms with Gasteiger partial charge in [0.2, 0.25) is 0 Å². The number of aliphatic hydroxyl groups is 1. The van der Waals surface area contributed by atoms with Gasteiger partial charge in [-0.2, -0.15) is 0 Å². The maximum Gasteiger partial charge on any atom is 0.345 e. The van der Waals surface area contributed by atoms with Gasteiger partial charge in [-0.3, -0.25) is 9.59 Å². The summed E-state index contributed by atoms with van der Waals surface area (Å²) >= 11 is 0. The van der Waals surface area contributed by atoms with Crippen molar-refractivity contribution in [2.75, 3.05) is 0 Å². The number of carboxylic acid groups (broad SMARTS) is 1. The zero-order valence-electron chi connectivity index (χ0n) is 16.7. The summed E-state index contributed by atoms with van der Waals surface area (Å²) < 4.78 is 5.01. The lowest BCUT2D eigenvalue weighted by molar-refractivity contribution is -0.150. The number of carbonyl (C=O) groups excluding carboxylic acids is 2. The van der Waals surface area contributed by atoms with Gasteiger partial charge in [0.1, 0.15) is 17.4 Å². The van der Waals surface area contributed by atoms with E-state index < -0.39 is 24.0 Å². The molecule has 0 aromatic heterocycles. The van der Waals surface area contributed by atoms with Gasteiger partial charge in [0.15, 0.2) is 5.78 Å². The molecule has 0 saturated carbocycles. The van der Waals surface area contributed by atoms with E-state index in [4.69, 9.17) is 4.74 Å². The van der Waals surface area contributed by atoms with E-state index in [9.17, 15) is 24.6 Å². The zero-order chi connectivity index (χ0) is 20.6. The summed E-state index contributed by atoms with van der Waals surface area (Å²) in [4.78, 5) is 35.1. The number of aliphatic carboxylic acids is 1. The Morgan fingerprint density at radius 3 is 2.48 bits per heavy atom. The Kier molecular flexibility index (Phi) is 9.26. The number of carboxylic acids is 1. The second-order valence-corrected chi connectivity index (χ2v) is 7.67. The van der Waals surface area contributed by atoms with Crippen LogP contribution in [0.5, 0.6) is 0 Å². The van der Waals surface area contributed by atoms with Crippen LogP contribution in [0, 0.1) is 17.8 Å². The lowest BCUT2D eigenvalue weighted by Gasteiger charge is -2.20. The van der Waals surface area contributed by atoms with Crippen molar-refractivity contribution in [1.82, 2.24) is 0 Å². The van der Waals surface area contributed by atoms with Crippen molar-refractivity contribution in [3.63, 3.8) is 0 Å². The average Bonchev–Trinajstić information content (AvgIpc) is 2.57. The molecule has 1 fully saturated rings. The van der Waals surface area contributed by atoms with Crippen molar-refractivity contribution < 1.29 is 29.3 Å². The molecule has 6 heteroatoms. The Balaban J connectivity index is 2.55. The number of cyclic esters (lactones) is 1. The van der Waals surface area contributed by atoms with Crippen LogP contribution in [0.15, 0.2) is 23.5 Å². The summed E-state index contributed by atoms with van der Waals surface area (Å²) in [6.45, 7) is 7.71. The number of allylic oxidation sites excluding steroid dienone is 2. The Bertz CT molecular complexity index is 584. The number of carbonyl (C=O) groups is 3. The third-order valence-electron chi connectivity index (χ3n) is 5.00. The summed E-state index contributed by atoms with van der Waals surface area (Å²) in [5.74, 6) is -2.11. The largest absolute Gasteiger partial charge is 0.511 e. The maximum atomic E-state index is 11.9. The lowest BCUT2D eigenvalue weighted by atomic mass is 9.92. The van der Waals surface area contributed by atoms with Gasteiger partial charge in [-0.25, -0.2) is 4.79 Å². The van der Waals surface area contributed by atoms with Gasteiger partial charge in [-0.15, -0.1) is 0 Å². The van der Waals surface area contributed by atoms with E-state index in [0.717, 1.165) is 6.42 Å². The molecule has 27 heavy (non-hydrogen) atoms. The van der Waals surface area contributed by atoms with E-state index in [1.54, 1.807) is 13.0 Å². The molecule has 0 aliphatic carbocycles. The van der Waals surface area contributed by atoms with Gasteiger partial charge in [0.25, 0.3) is 0 Å². The molecule has 2 N–H and O–H groups in total. The summed E-state index contributed by atoms with van der Waals surface area (Å²) in [6.07, 6.45) is 6.29. The quantitative estimate of drug-likeness (QED) is 0.194. The monoisotopic (exact) mass is 380 g/mol. The van der Waals surface area contributed by atoms with Crippen molar-refractivity contribution in [1.29, 1.82) is 0 Å². The molecule has 0 spiro atoms. The van der Waals surface area contributed by atoms with Crippen molar-refractivity contribution in [2.45, 2.75) is 72.3 Å². The van der Waals surface area contributed by atoms with E-state index in [-0.39, 0.29) is 35.9 Å². The number of hydrogen-bond acceptors (Lipinski definition) is 5. The van der Waals surface area contributed by atoms with Crippen LogP contribution in [-0.2, 0) is 19.1 Å². The third kappa shape index (κ3) is 7.57. The van der Waals surface area contributed by atoms with Crippen LogP contribution < -0.4 is 0 Å². The number of esters is 1. The summed E-state index contributed by atoms with van der Waals surface area (Å²) in [5, 5.41) is 19.4. The molecule has 1 rings (SSSR count). The molecule has 0 radical (unpaired) electrons. The zero-order valence-corrected chi connectivity index (χ0v) is 16.7. The van der Waals surface area contributed by atoms with Crippen LogP contribution in [0.4, 0.5) is 0 Å². The first-order valence-electron chi connectivity index (χ1n) is 9.71. The van der Waals surface area contributed by atoms with Gasteiger partial charge in [-0.1, -0.05) is 39.3 Å². The Morgan fingerprint density at radius 1 is 1.26 bits per heavy atom. The first kappa shape index (κ1) is 22.9. The molecule has 152 valence electrons. The lowest BCUT2D eigenvalue weighted by Crippen LogP contribution is -2.31. The minimum absolute atomic E-state index is 0.0934. The first-order chi connectivity index (χ1) is 12.6. The number of ketones is 1. The molecule has 4 unspecified atom stereocenters. The first-order valence-corrected chi connectivity index (χ1v) is 9.71. The highest BCUT2D eigenvalue weighted by atomic mass is 16.5. The van der Waals surface area contributed by atoms with Crippen molar-refractivity contribution in [3.8, 4) is 0 Å². The van der Waals surface area contributed by atoms with Gasteiger partial charge in [-0.05, 0) is 38.0 Å². The van der Waals surface area contributed by atoms with E-state index in [1.807, 2.05) is 26.8 Å². The van der Waals surface area contributed by atoms with Crippen LogP contribution in [0.1, 0.15) is 66.2 Å². The molecule has 1 aliphatic heterocycles. The molecule has 6 nitrogen and oxygen atoms in total.